The van der Waals surface area contributed by atoms with Crippen LogP contribution < -0.4 is 10.5 Å². The maximum Gasteiger partial charge on any atom is 0.362 e. The molecule has 1 aliphatic heterocycles. The van der Waals surface area contributed by atoms with Gasteiger partial charge in [-0.25, -0.2) is 19.7 Å². The highest BCUT2D eigenvalue weighted by Gasteiger charge is 2.45. The Labute approximate surface area is 182 Å². The fourth-order valence-electron chi connectivity index (χ4n) is 3.04. The Morgan fingerprint density at radius 2 is 1.97 bits per heavy atom. The molecule has 3 rings (SSSR count). The van der Waals surface area contributed by atoms with Gasteiger partial charge in [-0.1, -0.05) is 13.8 Å². The molecule has 178 valence electrons. The second-order valence-electron chi connectivity index (χ2n) is 7.51. The van der Waals surface area contributed by atoms with Crippen LogP contribution in [0.4, 0.5) is 5.82 Å². The lowest BCUT2D eigenvalue weighted by Gasteiger charge is -2.20. The van der Waals surface area contributed by atoms with Crippen molar-refractivity contribution in [2.45, 2.75) is 50.6 Å². The molecule has 6 atom stereocenters. The predicted molar refractivity (Wildman–Crippen MR) is 106 cm³/mol. The van der Waals surface area contributed by atoms with Crippen molar-refractivity contribution in [3.8, 4) is 0 Å². The molecular formula is C16H24N6O9S. The molecule has 1 aliphatic rings. The van der Waals surface area contributed by atoms with E-state index in [1.807, 2.05) is 0 Å². The van der Waals surface area contributed by atoms with Gasteiger partial charge in [0.2, 0.25) is 0 Å². The lowest BCUT2D eigenvalue weighted by Crippen LogP contribution is -2.47. The first kappa shape index (κ1) is 24.2. The van der Waals surface area contributed by atoms with Crippen molar-refractivity contribution in [2.24, 2.45) is 5.92 Å². The number of carbonyl (C=O) groups is 1. The number of aliphatic hydroxyl groups excluding tert-OH is 4. The lowest BCUT2D eigenvalue weighted by atomic mass is 10.0. The van der Waals surface area contributed by atoms with E-state index in [1.165, 1.54) is 35.8 Å². The Hall–Kier alpha value is -2.47. The minimum absolute atomic E-state index is 0.0910. The summed E-state index contributed by atoms with van der Waals surface area (Å²) in [5.74, 6) is -1.81. The molecule has 1 fully saturated rings. The molecule has 0 radical (unpaired) electrons. The first-order valence-electron chi connectivity index (χ1n) is 9.44. The Morgan fingerprint density at radius 3 is 2.62 bits per heavy atom. The summed E-state index contributed by atoms with van der Waals surface area (Å²) in [6.45, 7) is 2.27. The molecule has 3 heterocycles. The molecular weight excluding hydrogens is 452 g/mol. The average molecular weight is 476 g/mol. The smallest absolute Gasteiger partial charge is 0.362 e. The fourth-order valence-corrected chi connectivity index (χ4v) is 3.78. The summed E-state index contributed by atoms with van der Waals surface area (Å²) < 4.78 is 37.0. The van der Waals surface area contributed by atoms with Gasteiger partial charge in [0.15, 0.2) is 23.8 Å². The van der Waals surface area contributed by atoms with E-state index in [9.17, 15) is 33.6 Å². The van der Waals surface area contributed by atoms with E-state index in [0.29, 0.717) is 0 Å². The van der Waals surface area contributed by atoms with E-state index in [1.54, 1.807) is 0 Å². The Bertz CT molecular complexity index is 1080. The van der Waals surface area contributed by atoms with Gasteiger partial charge in [0.1, 0.15) is 30.2 Å². The zero-order chi connectivity index (χ0) is 23.8. The summed E-state index contributed by atoms with van der Waals surface area (Å²) in [6.07, 6.45) is -6.64. The van der Waals surface area contributed by atoms with Gasteiger partial charge in [-0.2, -0.15) is 8.42 Å². The molecule has 0 saturated carbocycles. The van der Waals surface area contributed by atoms with Crippen molar-refractivity contribution >= 4 is 33.2 Å². The fraction of sp³-hybridized carbons (Fsp3) is 0.625. The number of aliphatic hydroxyl groups is 4. The lowest BCUT2D eigenvalue weighted by molar-refractivity contribution is -0.135. The van der Waals surface area contributed by atoms with Gasteiger partial charge in [0.25, 0.3) is 5.91 Å². The molecule has 0 unspecified atom stereocenters. The molecule has 0 spiro atoms. The van der Waals surface area contributed by atoms with Crippen LogP contribution in [-0.4, -0.2) is 91.4 Å². The van der Waals surface area contributed by atoms with Crippen molar-refractivity contribution in [1.29, 1.82) is 0 Å². The molecule has 7 N–H and O–H groups in total. The van der Waals surface area contributed by atoms with Crippen LogP contribution in [0.1, 0.15) is 20.1 Å². The number of ether oxygens (including phenoxy) is 1. The summed E-state index contributed by atoms with van der Waals surface area (Å²) in [5, 5.41) is 40.0. The molecule has 2 aromatic heterocycles. The third-order valence-corrected chi connectivity index (χ3v) is 5.78. The first-order chi connectivity index (χ1) is 14.9. The zero-order valence-corrected chi connectivity index (χ0v) is 17.8. The van der Waals surface area contributed by atoms with Gasteiger partial charge in [-0.15, -0.1) is 0 Å². The Morgan fingerprint density at radius 1 is 1.28 bits per heavy atom. The van der Waals surface area contributed by atoms with Gasteiger partial charge in [-0.3, -0.25) is 13.5 Å². The second-order valence-corrected chi connectivity index (χ2v) is 8.86. The van der Waals surface area contributed by atoms with Gasteiger partial charge < -0.3 is 30.9 Å². The molecule has 32 heavy (non-hydrogen) atoms. The second kappa shape index (κ2) is 9.18. The van der Waals surface area contributed by atoms with Gasteiger partial charge in [0, 0.05) is 0 Å². The molecule has 0 aromatic carbocycles. The van der Waals surface area contributed by atoms with E-state index >= 15 is 0 Å². The summed E-state index contributed by atoms with van der Waals surface area (Å²) in [5.41, 5.74) is 6.17. The van der Waals surface area contributed by atoms with Gasteiger partial charge in [0.05, 0.1) is 19.0 Å². The monoisotopic (exact) mass is 476 g/mol. The third kappa shape index (κ3) is 4.80. The molecule has 2 aromatic rings. The topological polar surface area (TPSA) is 232 Å². The average Bonchev–Trinajstić information content (AvgIpc) is 3.27. The quantitative estimate of drug-likeness (QED) is 0.220. The van der Waals surface area contributed by atoms with Crippen molar-refractivity contribution < 1.29 is 42.6 Å². The largest absolute Gasteiger partial charge is 0.390 e. The van der Waals surface area contributed by atoms with E-state index in [-0.39, 0.29) is 17.0 Å². The number of fused-ring (bicyclic) bond motifs is 1. The molecule has 16 heteroatoms. The highest BCUT2D eigenvalue weighted by molar-refractivity contribution is 7.85. The number of hydrogen-bond acceptors (Lipinski definition) is 13. The number of nitrogens with one attached hydrogen (secondary N) is 1. The maximum absolute atomic E-state index is 12.0. The van der Waals surface area contributed by atoms with Crippen LogP contribution in [0.5, 0.6) is 0 Å². The molecule has 15 nitrogen and oxygen atoms in total. The SMILES string of the molecule is CC(C)[C@H](O)[C@@H](O)C(=O)NS(=O)(=O)OC[C@H]1O[C@@H](n2cnc3c(N)ncnc32)[C@H](O)[C@@H]1O. The van der Waals surface area contributed by atoms with Crippen LogP contribution in [0.3, 0.4) is 0 Å². The zero-order valence-electron chi connectivity index (χ0n) is 17.0. The van der Waals surface area contributed by atoms with Crippen LogP contribution in [0.15, 0.2) is 12.7 Å². The maximum atomic E-state index is 12.0. The number of nitrogens with zero attached hydrogens (tertiary/aromatic N) is 4. The minimum atomic E-state index is -4.72. The number of anilines is 1. The number of carbonyl (C=O) groups excluding carboxylic acids is 1. The van der Waals surface area contributed by atoms with Crippen LogP contribution in [-0.2, 0) is 24.0 Å². The predicted octanol–water partition coefficient (Wildman–Crippen LogP) is -3.22. The Balaban J connectivity index is 1.65. The van der Waals surface area contributed by atoms with Crippen molar-refractivity contribution in [3.63, 3.8) is 0 Å². The molecule has 0 aliphatic carbocycles. The summed E-state index contributed by atoms with van der Waals surface area (Å²) >= 11 is 0. The molecule has 1 amide bonds. The van der Waals surface area contributed by atoms with E-state index < -0.39 is 65.5 Å². The molecule has 0 bridgehead atoms. The van der Waals surface area contributed by atoms with Crippen LogP contribution in [0, 0.1) is 5.92 Å². The normalized spacial score (nSPS) is 25.8. The summed E-state index contributed by atoms with van der Waals surface area (Å²) in [4.78, 5) is 23.7. The Kier molecular flexibility index (Phi) is 6.94. The number of nitrogen functional groups attached to an aromatic ring is 1. The number of amides is 1. The van der Waals surface area contributed by atoms with E-state index in [0.717, 1.165) is 0 Å². The third-order valence-electron chi connectivity index (χ3n) is 4.89. The highest BCUT2D eigenvalue weighted by atomic mass is 32.2. The van der Waals surface area contributed by atoms with Crippen molar-refractivity contribution in [2.75, 3.05) is 12.3 Å². The standard InChI is InChI=1S/C16H24N6O9S/c1-6(2)9(23)11(25)15(27)21-32(28,29)30-3-7-10(24)12(26)16(31-7)22-5-20-8-13(17)18-4-19-14(8)22/h4-7,9-12,16,23-26H,3H2,1-2H3,(H,21,27)(H2,17,18,19)/t7-,9+,10-,11-,12-,16-/m1/s1. The number of nitrogens with two attached hydrogens (primary N) is 1. The van der Waals surface area contributed by atoms with Crippen LogP contribution in [0.2, 0.25) is 0 Å². The highest BCUT2D eigenvalue weighted by Crippen LogP contribution is 2.32. The van der Waals surface area contributed by atoms with Crippen molar-refractivity contribution in [1.82, 2.24) is 24.2 Å². The summed E-state index contributed by atoms with van der Waals surface area (Å²) in [7, 11) is -4.72. The van der Waals surface area contributed by atoms with Gasteiger partial charge >= 0.3 is 10.3 Å². The number of aromatic nitrogens is 4. The summed E-state index contributed by atoms with van der Waals surface area (Å²) in [6, 6.07) is 0. The minimum Gasteiger partial charge on any atom is -0.390 e. The number of hydrogen-bond donors (Lipinski definition) is 6. The van der Waals surface area contributed by atoms with Crippen molar-refractivity contribution in [3.05, 3.63) is 12.7 Å². The van der Waals surface area contributed by atoms with Crippen LogP contribution >= 0.6 is 0 Å². The number of rotatable bonds is 8. The van der Waals surface area contributed by atoms with Gasteiger partial charge in [-0.05, 0) is 5.92 Å². The molecule has 1 saturated heterocycles. The number of imidazole rings is 1. The van der Waals surface area contributed by atoms with Crippen LogP contribution in [0.25, 0.3) is 11.2 Å². The van der Waals surface area contributed by atoms with E-state index in [4.69, 9.17) is 10.5 Å². The first-order valence-corrected chi connectivity index (χ1v) is 10.9. The van der Waals surface area contributed by atoms with E-state index in [2.05, 4.69) is 19.1 Å².